The Morgan fingerprint density at radius 1 is 1.05 bits per heavy atom. The molecule has 3 rings (SSSR count). The third-order valence-electron chi connectivity index (χ3n) is 4.30. The number of nitrogens with two attached hydrogens (primary N) is 1. The number of nitrogens with zero attached hydrogens (tertiary/aromatic N) is 2. The molecule has 0 aliphatic carbocycles. The molecule has 1 unspecified atom stereocenters. The highest BCUT2D eigenvalue weighted by atomic mass is 15.4. The highest BCUT2D eigenvalue weighted by Gasteiger charge is 2.40. The Morgan fingerprint density at radius 2 is 1.71 bits per heavy atom. The summed E-state index contributed by atoms with van der Waals surface area (Å²) in [7, 11) is 0. The topological polar surface area (TPSA) is 41.6 Å². The van der Waals surface area contributed by atoms with Crippen LogP contribution in [0.1, 0.15) is 23.6 Å². The van der Waals surface area contributed by atoms with Crippen LogP contribution in [-0.4, -0.2) is 12.5 Å². The van der Waals surface area contributed by atoms with Gasteiger partial charge >= 0.3 is 0 Å². The van der Waals surface area contributed by atoms with Crippen LogP contribution in [0.3, 0.4) is 0 Å². The Bertz CT molecular complexity index is 688. The molecular weight excluding hydrogens is 258 g/mol. The summed E-state index contributed by atoms with van der Waals surface area (Å²) >= 11 is 0. The molecule has 0 amide bonds. The Hall–Kier alpha value is -2.29. The number of hydrogen-bond donors (Lipinski definition) is 1. The Kier molecular flexibility index (Phi) is 3.20. The summed E-state index contributed by atoms with van der Waals surface area (Å²) in [6, 6.07) is 16.9. The van der Waals surface area contributed by atoms with Crippen molar-refractivity contribution in [2.45, 2.75) is 26.3 Å². The Morgan fingerprint density at radius 3 is 2.38 bits per heavy atom. The minimum atomic E-state index is -0.232. The molecular formula is C18H21N3. The average molecular weight is 279 g/mol. The lowest BCUT2D eigenvalue weighted by Crippen LogP contribution is -2.48. The van der Waals surface area contributed by atoms with Crippen molar-refractivity contribution in [2.24, 2.45) is 10.7 Å². The minimum Gasteiger partial charge on any atom is -0.369 e. The first-order valence-corrected chi connectivity index (χ1v) is 7.25. The molecule has 0 aromatic heterocycles. The van der Waals surface area contributed by atoms with Gasteiger partial charge in [0.05, 0.1) is 12.1 Å². The number of rotatable bonds is 2. The van der Waals surface area contributed by atoms with Gasteiger partial charge in [0.15, 0.2) is 5.96 Å². The maximum atomic E-state index is 6.20. The maximum absolute atomic E-state index is 6.20. The molecule has 108 valence electrons. The molecule has 2 aromatic carbocycles. The fourth-order valence-electron chi connectivity index (χ4n) is 2.97. The molecule has 0 saturated heterocycles. The van der Waals surface area contributed by atoms with E-state index in [1.165, 1.54) is 16.7 Å². The molecule has 3 nitrogen and oxygen atoms in total. The summed E-state index contributed by atoms with van der Waals surface area (Å²) < 4.78 is 0. The molecule has 0 spiro atoms. The molecule has 1 heterocycles. The van der Waals surface area contributed by atoms with Crippen LogP contribution < -0.4 is 10.6 Å². The summed E-state index contributed by atoms with van der Waals surface area (Å²) in [6.07, 6.45) is 0. The van der Waals surface area contributed by atoms with Crippen LogP contribution in [-0.2, 0) is 5.54 Å². The van der Waals surface area contributed by atoms with Crippen molar-refractivity contribution in [3.8, 4) is 0 Å². The Balaban J connectivity index is 2.10. The second-order valence-corrected chi connectivity index (χ2v) is 5.94. The molecule has 2 N–H and O–H groups in total. The fraction of sp³-hybridized carbons (Fsp3) is 0.278. The van der Waals surface area contributed by atoms with Crippen LogP contribution >= 0.6 is 0 Å². The first-order chi connectivity index (χ1) is 10.0. The van der Waals surface area contributed by atoms with E-state index in [2.05, 4.69) is 67.1 Å². The van der Waals surface area contributed by atoms with Crippen molar-refractivity contribution < 1.29 is 0 Å². The van der Waals surface area contributed by atoms with Gasteiger partial charge in [0.2, 0.25) is 0 Å². The zero-order valence-electron chi connectivity index (χ0n) is 12.8. The van der Waals surface area contributed by atoms with Gasteiger partial charge in [-0.2, -0.15) is 0 Å². The van der Waals surface area contributed by atoms with E-state index in [0.717, 1.165) is 5.69 Å². The zero-order valence-corrected chi connectivity index (χ0v) is 12.8. The van der Waals surface area contributed by atoms with Gasteiger partial charge in [0, 0.05) is 5.69 Å². The predicted octanol–water partition coefficient (Wildman–Crippen LogP) is 3.35. The van der Waals surface area contributed by atoms with Crippen molar-refractivity contribution in [3.63, 3.8) is 0 Å². The third kappa shape index (κ3) is 2.19. The molecule has 1 aliphatic heterocycles. The van der Waals surface area contributed by atoms with Gasteiger partial charge in [-0.15, -0.1) is 0 Å². The van der Waals surface area contributed by atoms with Crippen LogP contribution in [0.2, 0.25) is 0 Å². The number of anilines is 1. The number of para-hydroxylation sites is 1. The highest BCUT2D eigenvalue weighted by Crippen LogP contribution is 2.38. The molecule has 1 aliphatic rings. The second-order valence-electron chi connectivity index (χ2n) is 5.94. The quantitative estimate of drug-likeness (QED) is 0.916. The molecule has 0 fully saturated rings. The molecule has 2 aromatic rings. The lowest BCUT2D eigenvalue weighted by atomic mass is 9.89. The number of benzene rings is 2. The van der Waals surface area contributed by atoms with Crippen molar-refractivity contribution in [1.82, 2.24) is 0 Å². The van der Waals surface area contributed by atoms with E-state index in [1.807, 2.05) is 12.1 Å². The van der Waals surface area contributed by atoms with E-state index in [0.29, 0.717) is 12.5 Å². The predicted molar refractivity (Wildman–Crippen MR) is 88.7 cm³/mol. The molecule has 0 saturated carbocycles. The molecule has 21 heavy (non-hydrogen) atoms. The average Bonchev–Trinajstić information content (AvgIpc) is 2.77. The summed E-state index contributed by atoms with van der Waals surface area (Å²) in [5.41, 5.74) is 10.8. The molecule has 1 atom stereocenters. The van der Waals surface area contributed by atoms with Crippen LogP contribution in [0.25, 0.3) is 0 Å². The lowest BCUT2D eigenvalue weighted by Gasteiger charge is -2.37. The number of aryl methyl sites for hydroxylation is 2. The van der Waals surface area contributed by atoms with E-state index in [-0.39, 0.29) is 5.54 Å². The minimum absolute atomic E-state index is 0.232. The zero-order chi connectivity index (χ0) is 15.0. The fourth-order valence-corrected chi connectivity index (χ4v) is 2.97. The molecule has 0 bridgehead atoms. The maximum Gasteiger partial charge on any atom is 0.196 e. The van der Waals surface area contributed by atoms with E-state index in [9.17, 15) is 0 Å². The Labute approximate surface area is 126 Å². The van der Waals surface area contributed by atoms with Crippen molar-refractivity contribution in [2.75, 3.05) is 11.4 Å². The highest BCUT2D eigenvalue weighted by molar-refractivity contribution is 5.99. The van der Waals surface area contributed by atoms with Crippen LogP contribution in [0.15, 0.2) is 53.5 Å². The summed E-state index contributed by atoms with van der Waals surface area (Å²) in [6.45, 7) is 7.09. The molecule has 3 heteroatoms. The number of hydrogen-bond acceptors (Lipinski definition) is 3. The van der Waals surface area contributed by atoms with Gasteiger partial charge in [-0.05, 0) is 38.0 Å². The smallest absolute Gasteiger partial charge is 0.196 e. The monoisotopic (exact) mass is 279 g/mol. The van der Waals surface area contributed by atoms with Crippen molar-refractivity contribution in [3.05, 3.63) is 65.2 Å². The third-order valence-corrected chi connectivity index (χ3v) is 4.30. The first kappa shape index (κ1) is 13.7. The largest absolute Gasteiger partial charge is 0.369 e. The van der Waals surface area contributed by atoms with E-state index in [4.69, 9.17) is 5.73 Å². The van der Waals surface area contributed by atoms with Gasteiger partial charge in [-0.25, -0.2) is 0 Å². The van der Waals surface area contributed by atoms with Gasteiger partial charge in [0.25, 0.3) is 0 Å². The van der Waals surface area contributed by atoms with E-state index in [1.54, 1.807) is 0 Å². The van der Waals surface area contributed by atoms with Gasteiger partial charge in [0.1, 0.15) is 0 Å². The normalized spacial score (nSPS) is 21.5. The van der Waals surface area contributed by atoms with Crippen LogP contribution in [0.5, 0.6) is 0 Å². The van der Waals surface area contributed by atoms with Gasteiger partial charge in [-0.3, -0.25) is 4.99 Å². The van der Waals surface area contributed by atoms with Gasteiger partial charge in [-0.1, -0.05) is 48.0 Å². The summed E-state index contributed by atoms with van der Waals surface area (Å²) in [5, 5.41) is 0. The summed E-state index contributed by atoms with van der Waals surface area (Å²) in [5.74, 6) is 0.590. The summed E-state index contributed by atoms with van der Waals surface area (Å²) in [4.78, 5) is 6.67. The standard InChI is InChI=1S/C18H21N3/c1-13-8-10-15(11-9-13)18(3)12-20-17(19)21(18)16-7-5-4-6-14(16)2/h4-11H,12H2,1-3H3,(H2,19,20). The van der Waals surface area contributed by atoms with Crippen LogP contribution in [0, 0.1) is 13.8 Å². The first-order valence-electron chi connectivity index (χ1n) is 7.25. The van der Waals surface area contributed by atoms with Crippen molar-refractivity contribution in [1.29, 1.82) is 0 Å². The van der Waals surface area contributed by atoms with E-state index < -0.39 is 0 Å². The van der Waals surface area contributed by atoms with Crippen LogP contribution in [0.4, 0.5) is 5.69 Å². The second kappa shape index (κ2) is 4.92. The molecule has 0 radical (unpaired) electrons. The SMILES string of the molecule is Cc1ccc(C2(C)CN=C(N)N2c2ccccc2C)cc1. The lowest BCUT2D eigenvalue weighted by molar-refractivity contribution is 0.532. The van der Waals surface area contributed by atoms with Crippen molar-refractivity contribution >= 4 is 11.6 Å². The van der Waals surface area contributed by atoms with E-state index >= 15 is 0 Å². The number of aliphatic imine (C=N–C) groups is 1. The number of guanidine groups is 1. The van der Waals surface area contributed by atoms with Gasteiger partial charge < -0.3 is 10.6 Å².